The second kappa shape index (κ2) is 7.73. The van der Waals surface area contributed by atoms with Crippen molar-refractivity contribution in [3.8, 4) is 0 Å². The molecule has 1 saturated heterocycles. The molecular weight excluding hydrogens is 386 g/mol. The van der Waals surface area contributed by atoms with Crippen molar-refractivity contribution in [2.24, 2.45) is 4.99 Å². The number of aromatic nitrogens is 2. The highest BCUT2D eigenvalue weighted by Gasteiger charge is 2.46. The summed E-state index contributed by atoms with van der Waals surface area (Å²) in [6.45, 7) is 2.01. The number of anilines is 1. The van der Waals surface area contributed by atoms with Gasteiger partial charge in [0.15, 0.2) is 22.4 Å². The molecule has 0 aliphatic carbocycles. The molecule has 0 saturated carbocycles. The number of imidazole rings is 1. The molecule has 0 unspecified atom stereocenters. The summed E-state index contributed by atoms with van der Waals surface area (Å²) in [5.41, 5.74) is 1.70. The van der Waals surface area contributed by atoms with Gasteiger partial charge in [-0.15, -0.1) is 0 Å². The van der Waals surface area contributed by atoms with Crippen molar-refractivity contribution >= 4 is 34.3 Å². The van der Waals surface area contributed by atoms with E-state index in [2.05, 4.69) is 20.3 Å². The van der Waals surface area contributed by atoms with Gasteiger partial charge < -0.3 is 15.4 Å². The van der Waals surface area contributed by atoms with E-state index in [9.17, 15) is 9.90 Å². The van der Waals surface area contributed by atoms with Crippen molar-refractivity contribution in [2.75, 3.05) is 17.7 Å². The lowest BCUT2D eigenvalue weighted by Gasteiger charge is -2.34. The van der Waals surface area contributed by atoms with Crippen LogP contribution in [0.1, 0.15) is 21.6 Å². The van der Waals surface area contributed by atoms with Crippen molar-refractivity contribution in [3.05, 3.63) is 77.7 Å². The van der Waals surface area contributed by atoms with Crippen LogP contribution < -0.4 is 10.2 Å². The first-order chi connectivity index (χ1) is 14.0. The minimum atomic E-state index is -1.28. The molecule has 7 nitrogen and oxygen atoms in total. The fraction of sp³-hybridized carbons (Fsp3) is 0.190. The van der Waals surface area contributed by atoms with Crippen LogP contribution in [0.3, 0.4) is 0 Å². The number of carbonyl (C=O) groups excluding carboxylic acids is 1. The third kappa shape index (κ3) is 3.52. The Balaban J connectivity index is 1.82. The van der Waals surface area contributed by atoms with Gasteiger partial charge in [-0.3, -0.25) is 9.69 Å². The number of hydrogen-bond donors (Lipinski definition) is 3. The van der Waals surface area contributed by atoms with Crippen LogP contribution in [-0.2, 0) is 5.72 Å². The van der Waals surface area contributed by atoms with Crippen LogP contribution in [0, 0.1) is 6.92 Å². The predicted octanol–water partition coefficient (Wildman–Crippen LogP) is 3.16. The fourth-order valence-electron chi connectivity index (χ4n) is 3.22. The zero-order valence-electron chi connectivity index (χ0n) is 16.1. The van der Waals surface area contributed by atoms with E-state index in [-0.39, 0.29) is 17.4 Å². The molecule has 2 heterocycles. The highest BCUT2D eigenvalue weighted by Crippen LogP contribution is 2.43. The summed E-state index contributed by atoms with van der Waals surface area (Å²) in [6.07, 6.45) is 1.43. The summed E-state index contributed by atoms with van der Waals surface area (Å²) in [7, 11) is 1.55. The van der Waals surface area contributed by atoms with Gasteiger partial charge in [-0.25, -0.2) is 9.98 Å². The van der Waals surface area contributed by atoms with Crippen LogP contribution in [0.25, 0.3) is 0 Å². The summed E-state index contributed by atoms with van der Waals surface area (Å²) in [5, 5.41) is 14.8. The number of aromatic amines is 1. The normalized spacial score (nSPS) is 20.2. The molecule has 148 valence electrons. The van der Waals surface area contributed by atoms with Crippen molar-refractivity contribution in [2.45, 2.75) is 12.6 Å². The average Bonchev–Trinajstić information content (AvgIpc) is 3.34. The number of benzene rings is 2. The van der Waals surface area contributed by atoms with Gasteiger partial charge in [-0.05, 0) is 19.1 Å². The maximum absolute atomic E-state index is 12.1. The Morgan fingerprint density at radius 2 is 1.97 bits per heavy atom. The highest BCUT2D eigenvalue weighted by molar-refractivity contribution is 8.14. The summed E-state index contributed by atoms with van der Waals surface area (Å²) < 4.78 is 0. The smallest absolute Gasteiger partial charge is 0.271 e. The van der Waals surface area contributed by atoms with Crippen molar-refractivity contribution < 1.29 is 9.90 Å². The number of aliphatic imine (C=N–C) groups is 1. The van der Waals surface area contributed by atoms with Gasteiger partial charge in [0, 0.05) is 18.3 Å². The molecule has 1 atom stereocenters. The molecule has 2 aromatic carbocycles. The van der Waals surface area contributed by atoms with Crippen LogP contribution in [0.5, 0.6) is 0 Å². The Bertz CT molecular complexity index is 1050. The van der Waals surface area contributed by atoms with E-state index in [0.29, 0.717) is 10.9 Å². The number of aliphatic hydroxyl groups is 1. The van der Waals surface area contributed by atoms with Gasteiger partial charge >= 0.3 is 0 Å². The molecular formula is C21H21N5O2S. The first kappa shape index (κ1) is 19.2. The molecule has 29 heavy (non-hydrogen) atoms. The van der Waals surface area contributed by atoms with Crippen molar-refractivity contribution in [1.29, 1.82) is 0 Å². The van der Waals surface area contributed by atoms with E-state index in [1.54, 1.807) is 11.9 Å². The van der Waals surface area contributed by atoms with Gasteiger partial charge in [0.1, 0.15) is 0 Å². The van der Waals surface area contributed by atoms with E-state index < -0.39 is 5.72 Å². The number of amides is 1. The lowest BCUT2D eigenvalue weighted by molar-refractivity contribution is 0.0768. The molecule has 1 aliphatic heterocycles. The summed E-state index contributed by atoms with van der Waals surface area (Å²) in [4.78, 5) is 25.5. The van der Waals surface area contributed by atoms with Gasteiger partial charge in [0.2, 0.25) is 0 Å². The fourth-order valence-corrected chi connectivity index (χ4v) is 4.39. The lowest BCUT2D eigenvalue weighted by Crippen LogP contribution is -2.45. The molecule has 0 bridgehead atoms. The number of para-hydroxylation sites is 1. The number of aryl methyl sites for hydroxylation is 1. The van der Waals surface area contributed by atoms with E-state index in [1.165, 1.54) is 18.1 Å². The number of rotatable bonds is 4. The summed E-state index contributed by atoms with van der Waals surface area (Å²) >= 11 is 1.42. The quantitative estimate of drug-likeness (QED) is 0.618. The summed E-state index contributed by atoms with van der Waals surface area (Å²) in [6, 6.07) is 17.4. The average molecular weight is 407 g/mol. The molecule has 1 aromatic heterocycles. The lowest BCUT2D eigenvalue weighted by atomic mass is 10.0. The Labute approximate surface area is 172 Å². The largest absolute Gasteiger partial charge is 0.366 e. The number of nitrogens with one attached hydrogen (secondary N) is 2. The number of carbonyl (C=O) groups is 1. The highest BCUT2D eigenvalue weighted by atomic mass is 32.2. The van der Waals surface area contributed by atoms with Gasteiger partial charge in [0.25, 0.3) is 5.91 Å². The number of thioether (sulfide) groups is 1. The number of amidine groups is 1. The zero-order chi connectivity index (χ0) is 20.4. The Kier molecular flexibility index (Phi) is 5.12. The minimum Gasteiger partial charge on any atom is -0.366 e. The Morgan fingerprint density at radius 1 is 1.24 bits per heavy atom. The molecule has 4 rings (SSSR count). The van der Waals surface area contributed by atoms with Crippen LogP contribution in [0.4, 0.5) is 11.5 Å². The topological polar surface area (TPSA) is 93.6 Å². The molecule has 3 N–H and O–H groups in total. The number of nitrogens with zero attached hydrogens (tertiary/aromatic N) is 3. The molecule has 3 aromatic rings. The second-order valence-electron chi connectivity index (χ2n) is 6.72. The van der Waals surface area contributed by atoms with E-state index in [4.69, 9.17) is 0 Å². The molecule has 1 amide bonds. The van der Waals surface area contributed by atoms with Crippen molar-refractivity contribution in [1.82, 2.24) is 15.3 Å². The molecule has 0 radical (unpaired) electrons. The van der Waals surface area contributed by atoms with Gasteiger partial charge in [0.05, 0.1) is 12.1 Å². The van der Waals surface area contributed by atoms with Crippen LogP contribution >= 0.6 is 11.8 Å². The van der Waals surface area contributed by atoms with Gasteiger partial charge in [-0.1, -0.05) is 59.8 Å². The van der Waals surface area contributed by atoms with E-state index >= 15 is 0 Å². The Hall–Kier alpha value is -3.10. The number of H-pyrrole nitrogens is 1. The monoisotopic (exact) mass is 407 g/mol. The predicted molar refractivity (Wildman–Crippen MR) is 116 cm³/mol. The van der Waals surface area contributed by atoms with Gasteiger partial charge in [-0.2, -0.15) is 0 Å². The number of hydrogen-bond acceptors (Lipinski definition) is 5. The maximum Gasteiger partial charge on any atom is 0.271 e. The molecule has 0 spiro atoms. The molecule has 8 heteroatoms. The van der Waals surface area contributed by atoms with Crippen molar-refractivity contribution in [3.63, 3.8) is 0 Å². The maximum atomic E-state index is 12.1. The second-order valence-corrected chi connectivity index (χ2v) is 7.66. The Morgan fingerprint density at radius 3 is 2.66 bits per heavy atom. The molecule has 1 aliphatic rings. The first-order valence-corrected chi connectivity index (χ1v) is 10.1. The minimum absolute atomic E-state index is 0.277. The SMILES string of the molecule is CNC(=O)c1[nH]cnc1N=C1SC[C@](O)(c2ccc(C)cc2)N1c1ccccc1. The summed E-state index contributed by atoms with van der Waals surface area (Å²) in [5.74, 6) is 0.370. The third-order valence-electron chi connectivity index (χ3n) is 4.77. The third-order valence-corrected chi connectivity index (χ3v) is 5.85. The van der Waals surface area contributed by atoms with E-state index in [0.717, 1.165) is 16.8 Å². The van der Waals surface area contributed by atoms with Crippen LogP contribution in [0.15, 0.2) is 65.9 Å². The van der Waals surface area contributed by atoms with Crippen LogP contribution in [0.2, 0.25) is 0 Å². The molecule has 1 fully saturated rings. The first-order valence-electron chi connectivity index (χ1n) is 9.14. The van der Waals surface area contributed by atoms with Crippen LogP contribution in [-0.4, -0.2) is 38.9 Å². The standard InChI is InChI=1S/C21H21N5O2S/c1-14-8-10-15(11-9-14)21(28)12-29-20(26(21)16-6-4-3-5-7-16)25-18-17(19(27)22-2)23-13-24-18/h3-11,13,28H,12H2,1-2H3,(H,22,27)(H,23,24)/t21-/m0/s1. The zero-order valence-corrected chi connectivity index (χ0v) is 16.9. The van der Waals surface area contributed by atoms with E-state index in [1.807, 2.05) is 61.5 Å².